The summed E-state index contributed by atoms with van der Waals surface area (Å²) < 4.78 is 0. The van der Waals surface area contributed by atoms with E-state index in [1.54, 1.807) is 0 Å². The summed E-state index contributed by atoms with van der Waals surface area (Å²) in [6, 6.07) is 23.2. The van der Waals surface area contributed by atoms with E-state index in [1.807, 2.05) is 66.7 Å². The van der Waals surface area contributed by atoms with Crippen molar-refractivity contribution < 1.29 is 0 Å². The fraction of sp³-hybridized carbons (Fsp3) is 0. The molecule has 2 nitrogen and oxygen atoms in total. The van der Waals surface area contributed by atoms with Crippen LogP contribution in [0.3, 0.4) is 0 Å². The number of halogens is 1. The normalized spacial score (nSPS) is 9.87. The van der Waals surface area contributed by atoms with Crippen LogP contribution in [0.25, 0.3) is 27.1 Å². The van der Waals surface area contributed by atoms with Gasteiger partial charge < -0.3 is 0 Å². The van der Waals surface area contributed by atoms with Crippen LogP contribution in [0.1, 0.15) is 5.56 Å². The molecule has 0 atom stereocenters. The van der Waals surface area contributed by atoms with Gasteiger partial charge in [-0.05, 0) is 22.3 Å². The van der Waals surface area contributed by atoms with Crippen molar-refractivity contribution in [3.05, 3.63) is 88.7 Å². The molecule has 0 radical (unpaired) electrons. The molecule has 0 spiro atoms. The van der Waals surface area contributed by atoms with Crippen LogP contribution in [0.2, 0.25) is 5.02 Å². The Hall–Kier alpha value is -3.07. The van der Waals surface area contributed by atoms with E-state index in [-0.39, 0.29) is 5.02 Å². The van der Waals surface area contributed by atoms with Crippen molar-refractivity contribution in [2.45, 2.75) is 0 Å². The van der Waals surface area contributed by atoms with Crippen molar-refractivity contribution in [1.82, 2.24) is 0 Å². The van der Waals surface area contributed by atoms with Gasteiger partial charge in [-0.1, -0.05) is 78.3 Å². The van der Waals surface area contributed by atoms with Gasteiger partial charge in [0.05, 0.1) is 23.2 Å². The predicted octanol–water partition coefficient (Wildman–Crippen LogP) is 6.10. The molecule has 0 aliphatic rings. The fourth-order valence-corrected chi connectivity index (χ4v) is 2.83. The standard InChI is InChI=1S/C20H11ClN2/c1-23-20-17(15-10-6-3-7-11-15)12-16(18(13-22)19(20)21)14-8-4-2-5-9-14/h2-12H. The SMILES string of the molecule is [C-]#[N+]c1c(-c2ccccc2)cc(-c2ccccc2)c(C#N)c1Cl. The molecule has 0 saturated heterocycles. The molecule has 0 amide bonds. The van der Waals surface area contributed by atoms with Gasteiger partial charge in [-0.3, -0.25) is 0 Å². The molecule has 0 saturated carbocycles. The maximum Gasteiger partial charge on any atom is 0.214 e. The highest BCUT2D eigenvalue weighted by Crippen LogP contribution is 2.43. The lowest BCUT2D eigenvalue weighted by molar-refractivity contribution is 1.48. The average molecular weight is 315 g/mol. The zero-order valence-electron chi connectivity index (χ0n) is 12.1. The van der Waals surface area contributed by atoms with Gasteiger partial charge in [-0.15, -0.1) is 0 Å². The van der Waals surface area contributed by atoms with E-state index in [0.717, 1.165) is 22.3 Å². The third-order valence-electron chi connectivity index (χ3n) is 3.63. The largest absolute Gasteiger partial charge is 0.236 e. The maximum atomic E-state index is 9.50. The first-order valence-electron chi connectivity index (χ1n) is 7.01. The quantitative estimate of drug-likeness (QED) is 0.525. The van der Waals surface area contributed by atoms with E-state index >= 15 is 0 Å². The molecule has 0 N–H and O–H groups in total. The summed E-state index contributed by atoms with van der Waals surface area (Å²) in [6.07, 6.45) is 0. The molecule has 3 aromatic rings. The third-order valence-corrected chi connectivity index (χ3v) is 4.00. The zero-order valence-corrected chi connectivity index (χ0v) is 12.9. The van der Waals surface area contributed by atoms with E-state index in [1.165, 1.54) is 0 Å². The minimum Gasteiger partial charge on any atom is -0.236 e. The highest BCUT2D eigenvalue weighted by atomic mass is 35.5. The molecule has 0 heterocycles. The van der Waals surface area contributed by atoms with Gasteiger partial charge >= 0.3 is 0 Å². The first kappa shape index (κ1) is 14.9. The smallest absolute Gasteiger partial charge is 0.214 e. The summed E-state index contributed by atoms with van der Waals surface area (Å²) >= 11 is 6.38. The number of nitriles is 1. The second-order valence-electron chi connectivity index (χ2n) is 4.96. The molecule has 0 aromatic heterocycles. The molecule has 3 rings (SSSR count). The van der Waals surface area contributed by atoms with Crippen LogP contribution in [-0.4, -0.2) is 0 Å². The molecule has 3 heteroatoms. The van der Waals surface area contributed by atoms with E-state index in [9.17, 15) is 5.26 Å². The van der Waals surface area contributed by atoms with Crippen LogP contribution < -0.4 is 0 Å². The van der Waals surface area contributed by atoms with Crippen LogP contribution in [0.5, 0.6) is 0 Å². The van der Waals surface area contributed by atoms with Crippen molar-refractivity contribution in [2.75, 3.05) is 0 Å². The highest BCUT2D eigenvalue weighted by molar-refractivity contribution is 6.35. The number of rotatable bonds is 2. The molecular weight excluding hydrogens is 304 g/mol. The molecule has 3 aromatic carbocycles. The van der Waals surface area contributed by atoms with Crippen LogP contribution in [0.15, 0.2) is 66.7 Å². The van der Waals surface area contributed by atoms with Crippen LogP contribution in [-0.2, 0) is 0 Å². The minimum atomic E-state index is 0.211. The first-order chi connectivity index (χ1) is 11.3. The molecule has 0 aliphatic carbocycles. The lowest BCUT2D eigenvalue weighted by Gasteiger charge is -2.13. The Morgan fingerprint density at radius 1 is 0.870 bits per heavy atom. The average Bonchev–Trinajstić information content (AvgIpc) is 2.62. The third kappa shape index (κ3) is 2.69. The Morgan fingerprint density at radius 2 is 1.39 bits per heavy atom. The second-order valence-corrected chi connectivity index (χ2v) is 5.34. The summed E-state index contributed by atoms with van der Waals surface area (Å²) in [4.78, 5) is 3.56. The van der Waals surface area contributed by atoms with Crippen LogP contribution in [0.4, 0.5) is 5.69 Å². The molecule has 108 valence electrons. The highest BCUT2D eigenvalue weighted by Gasteiger charge is 2.18. The van der Waals surface area contributed by atoms with Crippen LogP contribution >= 0.6 is 11.6 Å². The number of hydrogen-bond acceptors (Lipinski definition) is 1. The number of nitrogens with zero attached hydrogens (tertiary/aromatic N) is 2. The van der Waals surface area contributed by atoms with Crippen molar-refractivity contribution in [3.63, 3.8) is 0 Å². The summed E-state index contributed by atoms with van der Waals surface area (Å²) in [7, 11) is 0. The van der Waals surface area contributed by atoms with Gasteiger partial charge in [0, 0.05) is 0 Å². The van der Waals surface area contributed by atoms with Crippen molar-refractivity contribution >= 4 is 17.3 Å². The van der Waals surface area contributed by atoms with E-state index < -0.39 is 0 Å². The monoisotopic (exact) mass is 314 g/mol. The Labute approximate surface area is 140 Å². The lowest BCUT2D eigenvalue weighted by Crippen LogP contribution is -1.90. The Bertz CT molecular complexity index is 858. The van der Waals surface area contributed by atoms with Crippen molar-refractivity contribution in [2.24, 2.45) is 0 Å². The van der Waals surface area contributed by atoms with Gasteiger partial charge in [0.15, 0.2) is 0 Å². The van der Waals surface area contributed by atoms with Crippen molar-refractivity contribution in [3.8, 4) is 28.3 Å². The summed E-state index contributed by atoms with van der Waals surface area (Å²) in [6.45, 7) is 7.45. The second kappa shape index (κ2) is 6.36. The molecule has 0 bridgehead atoms. The minimum absolute atomic E-state index is 0.211. The van der Waals surface area contributed by atoms with E-state index in [4.69, 9.17) is 18.2 Å². The first-order valence-corrected chi connectivity index (χ1v) is 7.39. The number of benzene rings is 3. The van der Waals surface area contributed by atoms with Crippen LogP contribution in [0, 0.1) is 17.9 Å². The van der Waals surface area contributed by atoms with Gasteiger partial charge in [0.2, 0.25) is 5.69 Å². The Morgan fingerprint density at radius 3 is 1.87 bits per heavy atom. The van der Waals surface area contributed by atoms with E-state index in [2.05, 4.69) is 10.9 Å². The predicted molar refractivity (Wildman–Crippen MR) is 93.3 cm³/mol. The lowest BCUT2D eigenvalue weighted by atomic mass is 9.93. The van der Waals surface area contributed by atoms with Gasteiger partial charge in [0.1, 0.15) is 0 Å². The fourth-order valence-electron chi connectivity index (χ4n) is 2.54. The Kier molecular flexibility index (Phi) is 4.11. The van der Waals surface area contributed by atoms with Gasteiger partial charge in [0.25, 0.3) is 0 Å². The van der Waals surface area contributed by atoms with Crippen molar-refractivity contribution in [1.29, 1.82) is 5.26 Å². The molecule has 0 aliphatic heterocycles. The molecule has 0 unspecified atom stereocenters. The topological polar surface area (TPSA) is 28.1 Å². The molecule has 23 heavy (non-hydrogen) atoms. The van der Waals surface area contributed by atoms with E-state index in [0.29, 0.717) is 11.3 Å². The van der Waals surface area contributed by atoms with Gasteiger partial charge in [-0.2, -0.15) is 5.26 Å². The molecular formula is C20H11ClN2. The Balaban J connectivity index is 2.37. The summed E-state index contributed by atoms with van der Waals surface area (Å²) in [5.41, 5.74) is 3.94. The number of hydrogen-bond donors (Lipinski definition) is 0. The molecule has 0 fully saturated rings. The summed E-state index contributed by atoms with van der Waals surface area (Å²) in [5, 5.41) is 9.72. The summed E-state index contributed by atoms with van der Waals surface area (Å²) in [5.74, 6) is 0. The zero-order chi connectivity index (χ0) is 16.2. The maximum absolute atomic E-state index is 9.50. The van der Waals surface area contributed by atoms with Gasteiger partial charge in [-0.25, -0.2) is 4.85 Å².